The zero-order chi connectivity index (χ0) is 10.3. The van der Waals surface area contributed by atoms with Crippen LogP contribution >= 0.6 is 0 Å². The summed E-state index contributed by atoms with van der Waals surface area (Å²) in [6.07, 6.45) is 4.69. The zero-order valence-corrected chi connectivity index (χ0v) is 8.48. The maximum Gasteiger partial charge on any atom is 0.0896 e. The third-order valence-corrected chi connectivity index (χ3v) is 3.32. The van der Waals surface area contributed by atoms with E-state index in [2.05, 4.69) is 11.1 Å². The van der Waals surface area contributed by atoms with E-state index in [1.54, 1.807) is 6.20 Å². The Morgan fingerprint density at radius 1 is 1.20 bits per heavy atom. The topological polar surface area (TPSA) is 33.1 Å². The highest BCUT2D eigenvalue weighted by atomic mass is 16.3. The minimum Gasteiger partial charge on any atom is -0.385 e. The highest BCUT2D eigenvalue weighted by molar-refractivity contribution is 5.79. The predicted octanol–water partition coefficient (Wildman–Crippen LogP) is 2.61. The number of hydrogen-bond acceptors (Lipinski definition) is 2. The van der Waals surface area contributed by atoms with Gasteiger partial charge in [-0.3, -0.25) is 4.98 Å². The molecule has 1 aromatic carbocycles. The van der Waals surface area contributed by atoms with Crippen molar-refractivity contribution in [2.45, 2.75) is 24.9 Å². The molecule has 0 aliphatic heterocycles. The molecule has 0 atom stereocenters. The summed E-state index contributed by atoms with van der Waals surface area (Å²) in [5.74, 6) is 0. The van der Waals surface area contributed by atoms with E-state index >= 15 is 0 Å². The molecule has 76 valence electrons. The molecule has 0 saturated heterocycles. The zero-order valence-electron chi connectivity index (χ0n) is 8.48. The molecule has 1 heterocycles. The summed E-state index contributed by atoms with van der Waals surface area (Å²) in [7, 11) is 0. The average molecular weight is 199 g/mol. The van der Waals surface area contributed by atoms with Crippen molar-refractivity contribution in [1.29, 1.82) is 0 Å². The van der Waals surface area contributed by atoms with Gasteiger partial charge in [-0.05, 0) is 43.0 Å². The molecule has 2 nitrogen and oxygen atoms in total. The van der Waals surface area contributed by atoms with Crippen LogP contribution in [-0.2, 0) is 5.60 Å². The first-order valence-electron chi connectivity index (χ1n) is 5.36. The van der Waals surface area contributed by atoms with Crippen LogP contribution in [0.4, 0.5) is 0 Å². The molecule has 0 amide bonds. The lowest BCUT2D eigenvalue weighted by Crippen LogP contribution is -2.33. The van der Waals surface area contributed by atoms with Crippen LogP contribution in [0.3, 0.4) is 0 Å². The normalized spacial score (nSPS) is 18.7. The second-order valence-electron chi connectivity index (χ2n) is 4.30. The van der Waals surface area contributed by atoms with E-state index in [-0.39, 0.29) is 0 Å². The molecule has 0 bridgehead atoms. The third kappa shape index (κ3) is 1.33. The van der Waals surface area contributed by atoms with E-state index in [1.807, 2.05) is 24.3 Å². The molecular formula is C13H13NO. The third-order valence-electron chi connectivity index (χ3n) is 3.32. The fourth-order valence-corrected chi connectivity index (χ4v) is 2.17. The Bertz CT molecular complexity index is 503. The average Bonchev–Trinajstić information content (AvgIpc) is 2.25. The second kappa shape index (κ2) is 3.04. The Morgan fingerprint density at radius 3 is 2.80 bits per heavy atom. The van der Waals surface area contributed by atoms with Gasteiger partial charge in [0.05, 0.1) is 11.1 Å². The van der Waals surface area contributed by atoms with Crippen molar-refractivity contribution in [2.24, 2.45) is 0 Å². The molecule has 3 rings (SSSR count). The molecule has 0 unspecified atom stereocenters. The van der Waals surface area contributed by atoms with Gasteiger partial charge >= 0.3 is 0 Å². The van der Waals surface area contributed by atoms with E-state index in [0.29, 0.717) is 0 Å². The van der Waals surface area contributed by atoms with Gasteiger partial charge in [-0.1, -0.05) is 12.1 Å². The minimum atomic E-state index is -0.565. The van der Waals surface area contributed by atoms with Crippen molar-refractivity contribution in [3.63, 3.8) is 0 Å². The summed E-state index contributed by atoms with van der Waals surface area (Å²) in [6, 6.07) is 10.0. The summed E-state index contributed by atoms with van der Waals surface area (Å²) < 4.78 is 0. The van der Waals surface area contributed by atoms with Crippen LogP contribution in [-0.4, -0.2) is 10.1 Å². The van der Waals surface area contributed by atoms with Crippen LogP contribution in [0, 0.1) is 0 Å². The summed E-state index contributed by atoms with van der Waals surface area (Å²) in [5.41, 5.74) is 1.46. The first kappa shape index (κ1) is 8.86. The van der Waals surface area contributed by atoms with E-state index in [0.717, 1.165) is 35.7 Å². The smallest absolute Gasteiger partial charge is 0.0896 e. The first-order valence-corrected chi connectivity index (χ1v) is 5.36. The van der Waals surface area contributed by atoms with Crippen LogP contribution < -0.4 is 0 Å². The lowest BCUT2D eigenvalue weighted by Gasteiger charge is -2.37. The summed E-state index contributed by atoms with van der Waals surface area (Å²) in [5, 5.41) is 11.3. The summed E-state index contributed by atoms with van der Waals surface area (Å²) in [4.78, 5) is 4.27. The van der Waals surface area contributed by atoms with Gasteiger partial charge in [0.15, 0.2) is 0 Å². The standard InChI is InChI=1S/C13H13NO/c15-13(6-2-7-13)11-4-5-12-10(9-11)3-1-8-14-12/h1,3-5,8-9,15H,2,6-7H2. The van der Waals surface area contributed by atoms with Crippen molar-refractivity contribution >= 4 is 10.9 Å². The van der Waals surface area contributed by atoms with E-state index in [1.165, 1.54) is 0 Å². The van der Waals surface area contributed by atoms with Crippen LogP contribution in [0.5, 0.6) is 0 Å². The van der Waals surface area contributed by atoms with E-state index in [4.69, 9.17) is 0 Å². The van der Waals surface area contributed by atoms with Gasteiger partial charge in [-0.2, -0.15) is 0 Å². The quantitative estimate of drug-likeness (QED) is 0.765. The Hall–Kier alpha value is -1.41. The highest BCUT2D eigenvalue weighted by Gasteiger charge is 2.36. The maximum atomic E-state index is 10.2. The van der Waals surface area contributed by atoms with Crippen molar-refractivity contribution < 1.29 is 5.11 Å². The van der Waals surface area contributed by atoms with Gasteiger partial charge in [-0.15, -0.1) is 0 Å². The van der Waals surface area contributed by atoms with Gasteiger partial charge in [0, 0.05) is 11.6 Å². The van der Waals surface area contributed by atoms with Crippen molar-refractivity contribution in [3.05, 3.63) is 42.1 Å². The fourth-order valence-electron chi connectivity index (χ4n) is 2.17. The molecule has 1 aromatic heterocycles. The number of rotatable bonds is 1. The molecule has 2 aromatic rings. The molecule has 0 spiro atoms. The number of aromatic nitrogens is 1. The Kier molecular flexibility index (Phi) is 1.80. The summed E-state index contributed by atoms with van der Waals surface area (Å²) in [6.45, 7) is 0. The molecule has 1 aliphatic carbocycles. The fraction of sp³-hybridized carbons (Fsp3) is 0.308. The number of hydrogen-bond donors (Lipinski definition) is 1. The Labute approximate surface area is 88.6 Å². The number of nitrogens with zero attached hydrogens (tertiary/aromatic N) is 1. The van der Waals surface area contributed by atoms with Gasteiger partial charge in [-0.25, -0.2) is 0 Å². The monoisotopic (exact) mass is 199 g/mol. The molecular weight excluding hydrogens is 186 g/mol. The number of fused-ring (bicyclic) bond motifs is 1. The Balaban J connectivity index is 2.14. The second-order valence-corrected chi connectivity index (χ2v) is 4.30. The summed E-state index contributed by atoms with van der Waals surface area (Å²) >= 11 is 0. The molecule has 15 heavy (non-hydrogen) atoms. The van der Waals surface area contributed by atoms with Crippen LogP contribution in [0.15, 0.2) is 36.5 Å². The van der Waals surface area contributed by atoms with Gasteiger partial charge in [0.2, 0.25) is 0 Å². The van der Waals surface area contributed by atoms with Crippen LogP contribution in [0.25, 0.3) is 10.9 Å². The SMILES string of the molecule is OC1(c2ccc3ncccc3c2)CCC1. The number of benzene rings is 1. The predicted molar refractivity (Wildman–Crippen MR) is 59.5 cm³/mol. The molecule has 2 heteroatoms. The molecule has 1 saturated carbocycles. The largest absolute Gasteiger partial charge is 0.385 e. The Morgan fingerprint density at radius 2 is 2.07 bits per heavy atom. The lowest BCUT2D eigenvalue weighted by atomic mass is 9.75. The van der Waals surface area contributed by atoms with Crippen molar-refractivity contribution in [3.8, 4) is 0 Å². The number of pyridine rings is 1. The van der Waals surface area contributed by atoms with Gasteiger partial charge in [0.1, 0.15) is 0 Å². The van der Waals surface area contributed by atoms with Crippen molar-refractivity contribution in [2.75, 3.05) is 0 Å². The highest BCUT2D eigenvalue weighted by Crippen LogP contribution is 2.41. The van der Waals surface area contributed by atoms with Crippen LogP contribution in [0.2, 0.25) is 0 Å². The minimum absolute atomic E-state index is 0.565. The van der Waals surface area contributed by atoms with Gasteiger partial charge in [0.25, 0.3) is 0 Å². The van der Waals surface area contributed by atoms with E-state index in [9.17, 15) is 5.11 Å². The first-order chi connectivity index (χ1) is 7.28. The maximum absolute atomic E-state index is 10.2. The molecule has 0 radical (unpaired) electrons. The van der Waals surface area contributed by atoms with E-state index < -0.39 is 5.60 Å². The lowest BCUT2D eigenvalue weighted by molar-refractivity contribution is -0.0386. The van der Waals surface area contributed by atoms with Crippen molar-refractivity contribution in [1.82, 2.24) is 4.98 Å². The number of aliphatic hydroxyl groups is 1. The molecule has 1 fully saturated rings. The van der Waals surface area contributed by atoms with Crippen LogP contribution in [0.1, 0.15) is 24.8 Å². The van der Waals surface area contributed by atoms with Gasteiger partial charge < -0.3 is 5.11 Å². The molecule has 1 N–H and O–H groups in total. The molecule has 1 aliphatic rings.